The molecule has 3 heteroatoms. The van der Waals surface area contributed by atoms with Crippen LogP contribution >= 0.6 is 22.9 Å². The minimum absolute atomic E-state index is 0.179. The highest BCUT2D eigenvalue weighted by Gasteiger charge is 2.13. The number of thiophene rings is 1. The van der Waals surface area contributed by atoms with Gasteiger partial charge in [0.25, 0.3) is 0 Å². The SMILES string of the molecule is Fc1cccc(CC(CCl)Cc2csc3ccccc23)c1. The molecule has 108 valence electrons. The summed E-state index contributed by atoms with van der Waals surface area (Å²) in [4.78, 5) is 0. The summed E-state index contributed by atoms with van der Waals surface area (Å²) in [6.07, 6.45) is 1.75. The van der Waals surface area contributed by atoms with Gasteiger partial charge in [0.2, 0.25) is 0 Å². The van der Waals surface area contributed by atoms with E-state index in [0.717, 1.165) is 18.4 Å². The van der Waals surface area contributed by atoms with Crippen molar-refractivity contribution >= 4 is 33.0 Å². The molecule has 0 aliphatic carbocycles. The number of alkyl halides is 1. The second-order valence-corrected chi connectivity index (χ2v) is 6.54. The molecule has 0 N–H and O–H groups in total. The Morgan fingerprint density at radius 1 is 1.05 bits per heavy atom. The zero-order chi connectivity index (χ0) is 14.7. The van der Waals surface area contributed by atoms with Gasteiger partial charge < -0.3 is 0 Å². The summed E-state index contributed by atoms with van der Waals surface area (Å²) in [7, 11) is 0. The van der Waals surface area contributed by atoms with Crippen LogP contribution in [0.15, 0.2) is 53.9 Å². The Balaban J connectivity index is 1.78. The average Bonchev–Trinajstić information content (AvgIpc) is 2.90. The van der Waals surface area contributed by atoms with Crippen LogP contribution in [0.2, 0.25) is 0 Å². The van der Waals surface area contributed by atoms with Crippen LogP contribution in [-0.2, 0) is 12.8 Å². The predicted molar refractivity (Wildman–Crippen MR) is 89.8 cm³/mol. The van der Waals surface area contributed by atoms with Gasteiger partial charge >= 0.3 is 0 Å². The Morgan fingerprint density at radius 2 is 1.90 bits per heavy atom. The summed E-state index contributed by atoms with van der Waals surface area (Å²) < 4.78 is 14.6. The fraction of sp³-hybridized carbons (Fsp3) is 0.222. The lowest BCUT2D eigenvalue weighted by Crippen LogP contribution is -2.10. The number of fused-ring (bicyclic) bond motifs is 1. The normalized spacial score (nSPS) is 12.7. The van der Waals surface area contributed by atoms with Crippen molar-refractivity contribution in [3.8, 4) is 0 Å². The second kappa shape index (κ2) is 6.59. The molecule has 0 aliphatic heterocycles. The summed E-state index contributed by atoms with van der Waals surface area (Å²) in [6.45, 7) is 0. The van der Waals surface area contributed by atoms with Gasteiger partial charge in [-0.15, -0.1) is 22.9 Å². The Hall–Kier alpha value is -1.38. The second-order valence-electron chi connectivity index (χ2n) is 5.32. The van der Waals surface area contributed by atoms with E-state index in [4.69, 9.17) is 11.6 Å². The molecule has 1 unspecified atom stereocenters. The Morgan fingerprint density at radius 3 is 2.71 bits per heavy atom. The van der Waals surface area contributed by atoms with Gasteiger partial charge in [-0.05, 0) is 58.9 Å². The van der Waals surface area contributed by atoms with Crippen molar-refractivity contribution in [2.24, 2.45) is 5.92 Å². The van der Waals surface area contributed by atoms with Crippen LogP contribution in [0.4, 0.5) is 4.39 Å². The molecule has 1 aromatic heterocycles. The molecule has 2 aromatic carbocycles. The van der Waals surface area contributed by atoms with Crippen molar-refractivity contribution in [3.63, 3.8) is 0 Å². The molecule has 0 fully saturated rings. The van der Waals surface area contributed by atoms with Gasteiger partial charge in [0.1, 0.15) is 5.82 Å². The number of benzene rings is 2. The maximum atomic E-state index is 13.3. The van der Waals surface area contributed by atoms with Gasteiger partial charge in [-0.2, -0.15) is 0 Å². The summed E-state index contributed by atoms with van der Waals surface area (Å²) in [5.74, 6) is 0.731. The van der Waals surface area contributed by atoms with E-state index in [-0.39, 0.29) is 5.82 Å². The molecule has 1 heterocycles. The molecule has 0 saturated heterocycles. The third kappa shape index (κ3) is 3.45. The standard InChI is InChI=1S/C18H16ClFS/c19-11-14(8-13-4-3-5-16(20)10-13)9-15-12-21-18-7-2-1-6-17(15)18/h1-7,10,12,14H,8-9,11H2. The highest BCUT2D eigenvalue weighted by molar-refractivity contribution is 7.17. The first kappa shape index (κ1) is 14.6. The van der Waals surface area contributed by atoms with E-state index < -0.39 is 0 Å². The van der Waals surface area contributed by atoms with E-state index in [1.54, 1.807) is 23.5 Å². The van der Waals surface area contributed by atoms with E-state index in [9.17, 15) is 4.39 Å². The quantitative estimate of drug-likeness (QED) is 0.531. The monoisotopic (exact) mass is 318 g/mol. The van der Waals surface area contributed by atoms with Crippen molar-refractivity contribution in [2.75, 3.05) is 5.88 Å². The minimum Gasteiger partial charge on any atom is -0.207 e. The first-order valence-electron chi connectivity index (χ1n) is 7.02. The molecule has 0 aliphatic rings. The number of hydrogen-bond donors (Lipinski definition) is 0. The topological polar surface area (TPSA) is 0 Å². The van der Waals surface area contributed by atoms with Crippen molar-refractivity contribution in [3.05, 3.63) is 70.9 Å². The van der Waals surface area contributed by atoms with Crippen LogP contribution < -0.4 is 0 Å². The van der Waals surface area contributed by atoms with Gasteiger partial charge in [0, 0.05) is 10.6 Å². The van der Waals surface area contributed by atoms with Crippen LogP contribution in [0, 0.1) is 11.7 Å². The van der Waals surface area contributed by atoms with Crippen LogP contribution in [0.3, 0.4) is 0 Å². The molecular formula is C18H16ClFS. The molecule has 3 rings (SSSR count). The van der Waals surface area contributed by atoms with Crippen LogP contribution in [-0.4, -0.2) is 5.88 Å². The minimum atomic E-state index is -0.179. The van der Waals surface area contributed by atoms with Crippen molar-refractivity contribution in [1.29, 1.82) is 0 Å². The zero-order valence-corrected chi connectivity index (χ0v) is 13.1. The molecule has 0 amide bonds. The summed E-state index contributed by atoms with van der Waals surface area (Å²) in [5.41, 5.74) is 2.36. The molecule has 1 atom stereocenters. The third-order valence-electron chi connectivity index (χ3n) is 3.70. The molecule has 0 radical (unpaired) electrons. The number of hydrogen-bond acceptors (Lipinski definition) is 1. The smallest absolute Gasteiger partial charge is 0.123 e. The highest BCUT2D eigenvalue weighted by atomic mass is 35.5. The molecule has 21 heavy (non-hydrogen) atoms. The number of halogens is 2. The Kier molecular flexibility index (Phi) is 4.57. The van der Waals surface area contributed by atoms with Gasteiger partial charge in [-0.3, -0.25) is 0 Å². The van der Waals surface area contributed by atoms with Gasteiger partial charge in [0.15, 0.2) is 0 Å². The lowest BCUT2D eigenvalue weighted by atomic mass is 9.94. The third-order valence-corrected chi connectivity index (χ3v) is 5.15. The van der Waals surface area contributed by atoms with Crippen LogP contribution in [0.1, 0.15) is 11.1 Å². The van der Waals surface area contributed by atoms with Gasteiger partial charge in [-0.25, -0.2) is 4.39 Å². The van der Waals surface area contributed by atoms with Gasteiger partial charge in [0.05, 0.1) is 0 Å². The zero-order valence-electron chi connectivity index (χ0n) is 11.6. The predicted octanol–water partition coefficient (Wildman–Crippen LogP) is 5.68. The lowest BCUT2D eigenvalue weighted by molar-refractivity contribution is 0.579. The fourth-order valence-electron chi connectivity index (χ4n) is 2.68. The van der Waals surface area contributed by atoms with Gasteiger partial charge in [-0.1, -0.05) is 30.3 Å². The van der Waals surface area contributed by atoms with Crippen LogP contribution in [0.25, 0.3) is 10.1 Å². The maximum Gasteiger partial charge on any atom is 0.123 e. The summed E-state index contributed by atoms with van der Waals surface area (Å²) in [6, 6.07) is 15.2. The number of rotatable bonds is 5. The largest absolute Gasteiger partial charge is 0.207 e. The summed E-state index contributed by atoms with van der Waals surface area (Å²) >= 11 is 7.91. The fourth-order valence-corrected chi connectivity index (χ4v) is 3.87. The van der Waals surface area contributed by atoms with E-state index in [1.165, 1.54) is 21.7 Å². The summed E-state index contributed by atoms with van der Waals surface area (Å²) in [5, 5.41) is 3.53. The lowest BCUT2D eigenvalue weighted by Gasteiger charge is -2.13. The molecule has 0 saturated carbocycles. The molecule has 3 aromatic rings. The van der Waals surface area contributed by atoms with E-state index in [0.29, 0.717) is 11.8 Å². The highest BCUT2D eigenvalue weighted by Crippen LogP contribution is 2.28. The molecule has 0 spiro atoms. The van der Waals surface area contributed by atoms with Crippen LogP contribution in [0.5, 0.6) is 0 Å². The first-order valence-corrected chi connectivity index (χ1v) is 8.43. The first-order chi connectivity index (χ1) is 10.3. The Bertz CT molecular complexity index is 735. The Labute approximate surface area is 133 Å². The van der Waals surface area contributed by atoms with Crippen molar-refractivity contribution < 1.29 is 4.39 Å². The maximum absolute atomic E-state index is 13.3. The molecule has 0 bridgehead atoms. The van der Waals surface area contributed by atoms with E-state index >= 15 is 0 Å². The average molecular weight is 319 g/mol. The van der Waals surface area contributed by atoms with E-state index in [2.05, 4.69) is 29.6 Å². The van der Waals surface area contributed by atoms with E-state index in [1.807, 2.05) is 6.07 Å². The molecule has 0 nitrogen and oxygen atoms in total. The van der Waals surface area contributed by atoms with Crippen molar-refractivity contribution in [2.45, 2.75) is 12.8 Å². The molecular weight excluding hydrogens is 303 g/mol. The van der Waals surface area contributed by atoms with Crippen molar-refractivity contribution in [1.82, 2.24) is 0 Å².